The Kier molecular flexibility index (Phi) is 5.03. The van der Waals surface area contributed by atoms with E-state index in [0.717, 1.165) is 15.6 Å². The lowest BCUT2D eigenvalue weighted by molar-refractivity contribution is 0.599. The molecule has 21 heavy (non-hydrogen) atoms. The number of halogens is 1. The number of benzene rings is 2. The van der Waals surface area contributed by atoms with E-state index in [2.05, 4.69) is 26.0 Å². The number of hydrogen-bond donors (Lipinski definition) is 2. The van der Waals surface area contributed by atoms with Crippen LogP contribution in [0.3, 0.4) is 0 Å². The average Bonchev–Trinajstić information content (AvgIpc) is 2.44. The van der Waals surface area contributed by atoms with Crippen LogP contribution in [-0.4, -0.2) is 15.5 Å². The van der Waals surface area contributed by atoms with Gasteiger partial charge in [-0.05, 0) is 43.3 Å². The van der Waals surface area contributed by atoms with Crippen LogP contribution in [0.4, 0.5) is 5.69 Å². The first-order valence-electron chi connectivity index (χ1n) is 6.46. The van der Waals surface area contributed by atoms with E-state index in [-0.39, 0.29) is 0 Å². The minimum atomic E-state index is -3.62. The molecular formula is C15H17BrN2O2S. The topological polar surface area (TPSA) is 58.2 Å². The van der Waals surface area contributed by atoms with Crippen LogP contribution < -0.4 is 10.0 Å². The lowest BCUT2D eigenvalue weighted by Crippen LogP contribution is -2.17. The molecule has 2 aromatic carbocycles. The van der Waals surface area contributed by atoms with Gasteiger partial charge in [0.15, 0.2) is 0 Å². The normalized spacial score (nSPS) is 11.4. The summed E-state index contributed by atoms with van der Waals surface area (Å²) >= 11 is 3.40. The van der Waals surface area contributed by atoms with Crippen molar-refractivity contribution in [1.29, 1.82) is 0 Å². The predicted molar refractivity (Wildman–Crippen MR) is 88.9 cm³/mol. The molecule has 0 saturated heterocycles. The first kappa shape index (κ1) is 16.0. The van der Waals surface area contributed by atoms with Crippen LogP contribution in [0.2, 0.25) is 0 Å². The minimum absolute atomic E-state index is 0.290. The molecule has 112 valence electrons. The monoisotopic (exact) mass is 368 g/mol. The summed E-state index contributed by atoms with van der Waals surface area (Å²) in [4.78, 5) is 0.290. The van der Waals surface area contributed by atoms with Gasteiger partial charge in [-0.3, -0.25) is 4.72 Å². The number of nitrogens with one attached hydrogen (secondary N) is 2. The van der Waals surface area contributed by atoms with Gasteiger partial charge in [0, 0.05) is 11.0 Å². The Hall–Kier alpha value is -1.37. The molecule has 2 N–H and O–H groups in total. The first-order chi connectivity index (χ1) is 9.95. The van der Waals surface area contributed by atoms with Crippen LogP contribution in [0.25, 0.3) is 0 Å². The predicted octanol–water partition coefficient (Wildman–Crippen LogP) is 3.28. The van der Waals surface area contributed by atoms with Crippen LogP contribution >= 0.6 is 15.9 Å². The highest BCUT2D eigenvalue weighted by molar-refractivity contribution is 9.10. The standard InChI is InChI=1S/C15H17BrN2O2S/c1-11-13(16)7-5-8-14(11)18-21(19,20)15-9-4-3-6-12(15)10-17-2/h3-9,17-18H,10H2,1-2H3. The summed E-state index contributed by atoms with van der Waals surface area (Å²) in [6.45, 7) is 2.36. The molecule has 0 aliphatic rings. The fourth-order valence-corrected chi connectivity index (χ4v) is 3.75. The molecule has 0 aliphatic carbocycles. The van der Waals surface area contributed by atoms with E-state index in [9.17, 15) is 8.42 Å². The highest BCUT2D eigenvalue weighted by Crippen LogP contribution is 2.26. The zero-order chi connectivity index (χ0) is 15.5. The summed E-state index contributed by atoms with van der Waals surface area (Å²) in [5.74, 6) is 0. The van der Waals surface area contributed by atoms with Gasteiger partial charge in [-0.15, -0.1) is 0 Å². The maximum absolute atomic E-state index is 12.6. The van der Waals surface area contributed by atoms with Gasteiger partial charge in [0.1, 0.15) is 0 Å². The molecule has 0 fully saturated rings. The quantitative estimate of drug-likeness (QED) is 0.851. The molecule has 0 amide bonds. The highest BCUT2D eigenvalue weighted by Gasteiger charge is 2.19. The maximum Gasteiger partial charge on any atom is 0.262 e. The van der Waals surface area contributed by atoms with E-state index >= 15 is 0 Å². The largest absolute Gasteiger partial charge is 0.316 e. The van der Waals surface area contributed by atoms with Gasteiger partial charge >= 0.3 is 0 Å². The van der Waals surface area contributed by atoms with E-state index < -0.39 is 10.0 Å². The van der Waals surface area contributed by atoms with E-state index in [1.54, 1.807) is 37.4 Å². The zero-order valence-corrected chi connectivity index (χ0v) is 14.3. The maximum atomic E-state index is 12.6. The van der Waals surface area contributed by atoms with Crippen molar-refractivity contribution in [3.8, 4) is 0 Å². The Bertz CT molecular complexity index is 745. The van der Waals surface area contributed by atoms with Gasteiger partial charge < -0.3 is 5.32 Å². The third-order valence-corrected chi connectivity index (χ3v) is 5.47. The van der Waals surface area contributed by atoms with Crippen LogP contribution in [0.5, 0.6) is 0 Å². The Morgan fingerprint density at radius 3 is 2.52 bits per heavy atom. The van der Waals surface area contributed by atoms with Crippen LogP contribution in [-0.2, 0) is 16.6 Å². The van der Waals surface area contributed by atoms with Crippen molar-refractivity contribution >= 4 is 31.6 Å². The van der Waals surface area contributed by atoms with Crippen molar-refractivity contribution in [2.75, 3.05) is 11.8 Å². The fraction of sp³-hybridized carbons (Fsp3) is 0.200. The molecule has 0 atom stereocenters. The molecule has 0 saturated carbocycles. The third-order valence-electron chi connectivity index (χ3n) is 3.14. The smallest absolute Gasteiger partial charge is 0.262 e. The lowest BCUT2D eigenvalue weighted by atomic mass is 10.2. The van der Waals surface area contributed by atoms with Crippen LogP contribution in [0, 0.1) is 6.92 Å². The Morgan fingerprint density at radius 1 is 1.10 bits per heavy atom. The molecule has 0 bridgehead atoms. The van der Waals surface area contributed by atoms with E-state index in [1.165, 1.54) is 0 Å². The fourth-order valence-electron chi connectivity index (χ4n) is 2.02. The average molecular weight is 369 g/mol. The number of rotatable bonds is 5. The van der Waals surface area contributed by atoms with Crippen molar-refractivity contribution in [2.24, 2.45) is 0 Å². The van der Waals surface area contributed by atoms with E-state index in [0.29, 0.717) is 17.1 Å². The van der Waals surface area contributed by atoms with Crippen molar-refractivity contribution in [2.45, 2.75) is 18.4 Å². The summed E-state index contributed by atoms with van der Waals surface area (Å²) in [7, 11) is -1.83. The molecule has 0 radical (unpaired) electrons. The number of sulfonamides is 1. The summed E-state index contributed by atoms with van der Waals surface area (Å²) in [5.41, 5.74) is 2.16. The molecule has 0 spiro atoms. The van der Waals surface area contributed by atoms with Crippen molar-refractivity contribution in [1.82, 2.24) is 5.32 Å². The highest BCUT2D eigenvalue weighted by atomic mass is 79.9. The van der Waals surface area contributed by atoms with Gasteiger partial charge in [-0.2, -0.15) is 0 Å². The second kappa shape index (κ2) is 6.60. The van der Waals surface area contributed by atoms with Gasteiger partial charge in [0.05, 0.1) is 10.6 Å². The molecule has 2 aromatic rings. The Balaban J connectivity index is 2.41. The van der Waals surface area contributed by atoms with E-state index in [1.807, 2.05) is 19.1 Å². The van der Waals surface area contributed by atoms with Crippen LogP contribution in [0.1, 0.15) is 11.1 Å². The van der Waals surface area contributed by atoms with Gasteiger partial charge in [0.2, 0.25) is 0 Å². The molecule has 6 heteroatoms. The molecule has 4 nitrogen and oxygen atoms in total. The zero-order valence-electron chi connectivity index (χ0n) is 11.9. The summed E-state index contributed by atoms with van der Waals surface area (Å²) < 4.78 is 28.7. The molecular weight excluding hydrogens is 352 g/mol. The second-order valence-electron chi connectivity index (χ2n) is 4.66. The summed E-state index contributed by atoms with van der Waals surface area (Å²) in [5, 5.41) is 2.98. The molecule has 0 aliphatic heterocycles. The lowest BCUT2D eigenvalue weighted by Gasteiger charge is -2.14. The molecule has 0 heterocycles. The SMILES string of the molecule is CNCc1ccccc1S(=O)(=O)Nc1cccc(Br)c1C. The minimum Gasteiger partial charge on any atom is -0.316 e. The van der Waals surface area contributed by atoms with Gasteiger partial charge in [0.25, 0.3) is 10.0 Å². The van der Waals surface area contributed by atoms with Gasteiger partial charge in [-0.1, -0.05) is 40.2 Å². The summed E-state index contributed by atoms with van der Waals surface area (Å²) in [6.07, 6.45) is 0. The van der Waals surface area contributed by atoms with Gasteiger partial charge in [-0.25, -0.2) is 8.42 Å². The molecule has 2 rings (SSSR count). The number of anilines is 1. The second-order valence-corrected chi connectivity index (χ2v) is 7.16. The van der Waals surface area contributed by atoms with Crippen LogP contribution in [0.15, 0.2) is 51.8 Å². The molecule has 0 aromatic heterocycles. The summed E-state index contributed by atoms with van der Waals surface area (Å²) in [6, 6.07) is 12.4. The van der Waals surface area contributed by atoms with Crippen molar-refractivity contribution < 1.29 is 8.42 Å². The number of hydrogen-bond acceptors (Lipinski definition) is 3. The molecule has 0 unspecified atom stereocenters. The van der Waals surface area contributed by atoms with E-state index in [4.69, 9.17) is 0 Å². The third kappa shape index (κ3) is 3.64. The Labute approximate surface area is 133 Å². The van der Waals surface area contributed by atoms with Crippen molar-refractivity contribution in [3.63, 3.8) is 0 Å². The Morgan fingerprint density at radius 2 is 1.81 bits per heavy atom. The van der Waals surface area contributed by atoms with Crippen molar-refractivity contribution in [3.05, 3.63) is 58.1 Å². The first-order valence-corrected chi connectivity index (χ1v) is 8.74.